The van der Waals surface area contributed by atoms with Crippen molar-refractivity contribution in [1.29, 1.82) is 0 Å². The van der Waals surface area contributed by atoms with Crippen molar-refractivity contribution in [2.45, 2.75) is 31.5 Å². The first-order valence-electron chi connectivity index (χ1n) is 9.10. The standard InChI is InChI=1S/C22H18F3N3O/c1-21(9-14-10-26-13-27-11-14)19-8-16(5-6-17(19)12-28-20(21)29)15-3-2-4-18(7-15)22(23,24)25/h2-8,10-11,13H,9,12H2,1H3,(H,28,29). The van der Waals surface area contributed by atoms with E-state index in [1.165, 1.54) is 12.4 Å². The molecule has 1 aliphatic rings. The Morgan fingerprint density at radius 3 is 2.52 bits per heavy atom. The van der Waals surface area contributed by atoms with Crippen LogP contribution in [-0.2, 0) is 29.4 Å². The van der Waals surface area contributed by atoms with Gasteiger partial charge in [0.05, 0.1) is 11.0 Å². The fourth-order valence-electron chi connectivity index (χ4n) is 3.80. The number of nitrogens with one attached hydrogen (secondary N) is 1. The van der Waals surface area contributed by atoms with Gasteiger partial charge in [-0.05, 0) is 59.4 Å². The summed E-state index contributed by atoms with van der Waals surface area (Å²) >= 11 is 0. The molecule has 148 valence electrons. The molecule has 0 radical (unpaired) electrons. The highest BCUT2D eigenvalue weighted by Gasteiger charge is 2.40. The van der Waals surface area contributed by atoms with Gasteiger partial charge in [0.15, 0.2) is 0 Å². The van der Waals surface area contributed by atoms with Crippen molar-refractivity contribution in [2.75, 3.05) is 0 Å². The molecule has 1 aliphatic heterocycles. The van der Waals surface area contributed by atoms with E-state index in [-0.39, 0.29) is 5.91 Å². The first-order valence-corrected chi connectivity index (χ1v) is 9.10. The number of hydrogen-bond acceptors (Lipinski definition) is 3. The summed E-state index contributed by atoms with van der Waals surface area (Å²) in [5.74, 6) is -0.130. The monoisotopic (exact) mass is 397 g/mol. The number of halogens is 3. The van der Waals surface area contributed by atoms with Crippen LogP contribution in [0.2, 0.25) is 0 Å². The summed E-state index contributed by atoms with van der Waals surface area (Å²) < 4.78 is 39.3. The van der Waals surface area contributed by atoms with E-state index < -0.39 is 17.2 Å². The molecule has 2 heterocycles. The predicted molar refractivity (Wildman–Crippen MR) is 102 cm³/mol. The Hall–Kier alpha value is -3.22. The Balaban J connectivity index is 1.79. The van der Waals surface area contributed by atoms with Crippen LogP contribution >= 0.6 is 0 Å². The van der Waals surface area contributed by atoms with E-state index in [9.17, 15) is 18.0 Å². The van der Waals surface area contributed by atoms with Crippen molar-refractivity contribution in [3.63, 3.8) is 0 Å². The Bertz CT molecular complexity index is 1070. The van der Waals surface area contributed by atoms with E-state index >= 15 is 0 Å². The molecule has 3 aromatic rings. The Morgan fingerprint density at radius 1 is 1.07 bits per heavy atom. The quantitative estimate of drug-likeness (QED) is 0.717. The lowest BCUT2D eigenvalue weighted by Gasteiger charge is -2.35. The molecule has 0 saturated carbocycles. The largest absolute Gasteiger partial charge is 0.416 e. The molecule has 0 bridgehead atoms. The molecule has 0 aliphatic carbocycles. The predicted octanol–water partition coefficient (Wildman–Crippen LogP) is 4.29. The third-order valence-electron chi connectivity index (χ3n) is 5.34. The van der Waals surface area contributed by atoms with E-state index in [4.69, 9.17) is 0 Å². The molecule has 0 spiro atoms. The second-order valence-corrected chi connectivity index (χ2v) is 7.39. The van der Waals surface area contributed by atoms with Crippen molar-refractivity contribution in [3.8, 4) is 11.1 Å². The molecular formula is C22H18F3N3O. The topological polar surface area (TPSA) is 54.9 Å². The van der Waals surface area contributed by atoms with Gasteiger partial charge in [-0.2, -0.15) is 13.2 Å². The zero-order chi connectivity index (χ0) is 20.6. The van der Waals surface area contributed by atoms with Gasteiger partial charge >= 0.3 is 6.18 Å². The summed E-state index contributed by atoms with van der Waals surface area (Å²) in [4.78, 5) is 20.8. The van der Waals surface area contributed by atoms with Gasteiger partial charge in [0.1, 0.15) is 6.33 Å². The molecule has 4 nitrogen and oxygen atoms in total. The molecule has 1 N–H and O–H groups in total. The number of alkyl halides is 3. The number of nitrogens with zero attached hydrogens (tertiary/aromatic N) is 2. The molecule has 0 saturated heterocycles. The number of carbonyl (C=O) groups is 1. The second-order valence-electron chi connectivity index (χ2n) is 7.39. The molecule has 0 fully saturated rings. The molecule has 1 unspecified atom stereocenters. The summed E-state index contributed by atoms with van der Waals surface area (Å²) in [7, 11) is 0. The second kappa shape index (κ2) is 6.99. The lowest BCUT2D eigenvalue weighted by molar-refractivity contribution is -0.137. The first-order chi connectivity index (χ1) is 13.8. The normalized spacial score (nSPS) is 18.8. The van der Waals surface area contributed by atoms with Crippen LogP contribution in [0.5, 0.6) is 0 Å². The maximum absolute atomic E-state index is 13.1. The summed E-state index contributed by atoms with van der Waals surface area (Å²) in [6.45, 7) is 2.22. The van der Waals surface area contributed by atoms with E-state index in [2.05, 4.69) is 15.3 Å². The fraction of sp³-hybridized carbons (Fsp3) is 0.227. The van der Waals surface area contributed by atoms with Gasteiger partial charge in [0.2, 0.25) is 5.91 Å². The van der Waals surface area contributed by atoms with Crippen LogP contribution in [0.4, 0.5) is 13.2 Å². The van der Waals surface area contributed by atoms with Crippen LogP contribution in [0.3, 0.4) is 0 Å². The van der Waals surface area contributed by atoms with Crippen molar-refractivity contribution >= 4 is 5.91 Å². The molecule has 7 heteroatoms. The summed E-state index contributed by atoms with van der Waals surface area (Å²) in [5, 5.41) is 2.91. The highest BCUT2D eigenvalue weighted by molar-refractivity contribution is 5.90. The Kier molecular flexibility index (Phi) is 4.61. The van der Waals surface area contributed by atoms with Crippen molar-refractivity contribution in [3.05, 3.63) is 83.4 Å². The van der Waals surface area contributed by atoms with E-state index in [1.54, 1.807) is 24.5 Å². The molecule has 4 rings (SSSR count). The zero-order valence-electron chi connectivity index (χ0n) is 15.6. The third-order valence-corrected chi connectivity index (χ3v) is 5.34. The van der Waals surface area contributed by atoms with Gasteiger partial charge < -0.3 is 5.32 Å². The van der Waals surface area contributed by atoms with Gasteiger partial charge in [-0.25, -0.2) is 9.97 Å². The summed E-state index contributed by atoms with van der Waals surface area (Å²) in [5.41, 5.74) is 2.08. The molecular weight excluding hydrogens is 379 g/mol. The first kappa shape index (κ1) is 19.1. The fourth-order valence-corrected chi connectivity index (χ4v) is 3.80. The highest BCUT2D eigenvalue weighted by atomic mass is 19.4. The van der Waals surface area contributed by atoms with Gasteiger partial charge in [0.25, 0.3) is 0 Å². The van der Waals surface area contributed by atoms with Crippen LogP contribution in [0.25, 0.3) is 11.1 Å². The van der Waals surface area contributed by atoms with Crippen molar-refractivity contribution in [2.24, 2.45) is 0 Å². The van der Waals surface area contributed by atoms with Crippen LogP contribution in [-0.4, -0.2) is 15.9 Å². The number of rotatable bonds is 3. The molecule has 1 atom stereocenters. The minimum absolute atomic E-state index is 0.130. The highest BCUT2D eigenvalue weighted by Crippen LogP contribution is 2.38. The number of benzene rings is 2. The maximum atomic E-state index is 13.1. The van der Waals surface area contributed by atoms with Gasteiger partial charge in [0, 0.05) is 18.9 Å². The minimum Gasteiger partial charge on any atom is -0.351 e. The summed E-state index contributed by atoms with van der Waals surface area (Å²) in [6, 6.07) is 10.7. The van der Waals surface area contributed by atoms with E-state index in [0.717, 1.165) is 28.8 Å². The van der Waals surface area contributed by atoms with Gasteiger partial charge in [-0.3, -0.25) is 4.79 Å². The molecule has 29 heavy (non-hydrogen) atoms. The van der Waals surface area contributed by atoms with Gasteiger partial charge in [-0.15, -0.1) is 0 Å². The number of hydrogen-bond donors (Lipinski definition) is 1. The summed E-state index contributed by atoms with van der Waals surface area (Å²) in [6.07, 6.45) is 0.726. The lowest BCUT2D eigenvalue weighted by atomic mass is 9.72. The SMILES string of the molecule is CC1(Cc2cncnc2)C(=O)NCc2ccc(-c3cccc(C(F)(F)F)c3)cc21. The van der Waals surface area contributed by atoms with Crippen LogP contribution in [0, 0.1) is 0 Å². The molecule has 1 amide bonds. The number of amides is 1. The average molecular weight is 397 g/mol. The van der Waals surface area contributed by atoms with Crippen LogP contribution in [0.1, 0.15) is 29.2 Å². The maximum Gasteiger partial charge on any atom is 0.416 e. The molecule has 1 aromatic heterocycles. The Morgan fingerprint density at radius 2 is 1.79 bits per heavy atom. The average Bonchev–Trinajstić information content (AvgIpc) is 2.71. The number of carbonyl (C=O) groups excluding carboxylic acids is 1. The molecule has 2 aromatic carbocycles. The van der Waals surface area contributed by atoms with Crippen LogP contribution in [0.15, 0.2) is 61.2 Å². The van der Waals surface area contributed by atoms with Gasteiger partial charge in [-0.1, -0.05) is 24.3 Å². The minimum atomic E-state index is -4.41. The number of aromatic nitrogens is 2. The van der Waals surface area contributed by atoms with Crippen LogP contribution < -0.4 is 5.32 Å². The van der Waals surface area contributed by atoms with Crippen molar-refractivity contribution < 1.29 is 18.0 Å². The smallest absolute Gasteiger partial charge is 0.351 e. The van der Waals surface area contributed by atoms with E-state index in [1.807, 2.05) is 19.1 Å². The van der Waals surface area contributed by atoms with E-state index in [0.29, 0.717) is 24.1 Å². The Labute approximate surface area is 165 Å². The number of fused-ring (bicyclic) bond motifs is 1. The van der Waals surface area contributed by atoms with Crippen molar-refractivity contribution in [1.82, 2.24) is 15.3 Å². The third kappa shape index (κ3) is 3.60. The lowest BCUT2D eigenvalue weighted by Crippen LogP contribution is -2.48. The zero-order valence-corrected chi connectivity index (χ0v) is 15.6.